The molecule has 1 heterocycles. The predicted octanol–water partition coefficient (Wildman–Crippen LogP) is 3.26. The zero-order valence-corrected chi connectivity index (χ0v) is 13.3. The van der Waals surface area contributed by atoms with Gasteiger partial charge in [-0.05, 0) is 43.0 Å². The summed E-state index contributed by atoms with van der Waals surface area (Å²) in [6.07, 6.45) is 5.85. The van der Waals surface area contributed by atoms with E-state index in [4.69, 9.17) is 9.52 Å². The second-order valence-electron chi connectivity index (χ2n) is 5.42. The number of nitrogens with zero attached hydrogens (tertiary/aromatic N) is 1. The molecule has 1 atom stereocenters. The molecule has 6 heteroatoms. The van der Waals surface area contributed by atoms with Gasteiger partial charge in [0.2, 0.25) is 5.89 Å². The fourth-order valence-corrected chi connectivity index (χ4v) is 2.41. The number of rotatable bonds is 8. The Morgan fingerprint density at radius 3 is 2.70 bits per heavy atom. The van der Waals surface area contributed by atoms with E-state index in [1.165, 1.54) is 6.26 Å². The van der Waals surface area contributed by atoms with E-state index < -0.39 is 0 Å². The van der Waals surface area contributed by atoms with Crippen molar-refractivity contribution in [2.45, 2.75) is 26.2 Å². The van der Waals surface area contributed by atoms with Crippen molar-refractivity contribution >= 4 is 11.7 Å². The van der Waals surface area contributed by atoms with Crippen LogP contribution in [0.1, 0.15) is 26.2 Å². The average molecular weight is 317 g/mol. The highest BCUT2D eigenvalue weighted by molar-refractivity contribution is 5.89. The number of amides is 2. The number of carbonyl (C=O) groups is 1. The number of carbonyl (C=O) groups excluding carboxylic acids is 1. The summed E-state index contributed by atoms with van der Waals surface area (Å²) in [7, 11) is 0. The third kappa shape index (κ3) is 5.41. The normalized spacial score (nSPS) is 11.9. The number of hydrogen-bond donors (Lipinski definition) is 3. The maximum atomic E-state index is 11.9. The third-order valence-corrected chi connectivity index (χ3v) is 3.61. The van der Waals surface area contributed by atoms with Gasteiger partial charge in [0.15, 0.2) is 0 Å². The van der Waals surface area contributed by atoms with Gasteiger partial charge in [-0.25, -0.2) is 9.78 Å². The van der Waals surface area contributed by atoms with Crippen molar-refractivity contribution in [2.24, 2.45) is 5.92 Å². The smallest absolute Gasteiger partial charge is 0.319 e. The van der Waals surface area contributed by atoms with Gasteiger partial charge in [0, 0.05) is 24.4 Å². The Morgan fingerprint density at radius 1 is 1.30 bits per heavy atom. The molecule has 2 aromatic rings. The van der Waals surface area contributed by atoms with E-state index in [1.807, 2.05) is 12.1 Å². The Balaban J connectivity index is 1.83. The molecule has 6 nitrogen and oxygen atoms in total. The lowest BCUT2D eigenvalue weighted by Crippen LogP contribution is -2.33. The molecule has 0 fully saturated rings. The summed E-state index contributed by atoms with van der Waals surface area (Å²) in [5.41, 5.74) is 1.55. The first kappa shape index (κ1) is 17.0. The quantitative estimate of drug-likeness (QED) is 0.697. The zero-order chi connectivity index (χ0) is 16.5. The molecule has 0 aliphatic heterocycles. The Hall–Kier alpha value is -2.34. The minimum atomic E-state index is -0.243. The van der Waals surface area contributed by atoms with Crippen LogP contribution >= 0.6 is 0 Å². The van der Waals surface area contributed by atoms with Crippen LogP contribution < -0.4 is 10.6 Å². The van der Waals surface area contributed by atoms with E-state index in [9.17, 15) is 4.79 Å². The molecule has 1 unspecified atom stereocenters. The van der Waals surface area contributed by atoms with Crippen LogP contribution in [0, 0.1) is 5.92 Å². The van der Waals surface area contributed by atoms with Crippen molar-refractivity contribution in [3.63, 3.8) is 0 Å². The van der Waals surface area contributed by atoms with Crippen LogP contribution in [0.25, 0.3) is 11.5 Å². The number of oxazole rings is 1. The van der Waals surface area contributed by atoms with E-state index >= 15 is 0 Å². The highest BCUT2D eigenvalue weighted by Gasteiger charge is 2.09. The summed E-state index contributed by atoms with van der Waals surface area (Å²) >= 11 is 0. The number of aromatic nitrogens is 1. The molecule has 0 saturated carbocycles. The van der Waals surface area contributed by atoms with Gasteiger partial charge in [-0.1, -0.05) is 13.3 Å². The Labute approximate surface area is 135 Å². The van der Waals surface area contributed by atoms with Crippen LogP contribution in [0.2, 0.25) is 0 Å². The molecule has 2 rings (SSSR count). The second-order valence-corrected chi connectivity index (χ2v) is 5.42. The first-order chi connectivity index (χ1) is 11.2. The van der Waals surface area contributed by atoms with Crippen molar-refractivity contribution in [3.05, 3.63) is 36.7 Å². The molecule has 0 saturated heterocycles. The number of aliphatic hydroxyl groups excluding tert-OH is 1. The second kappa shape index (κ2) is 8.95. The van der Waals surface area contributed by atoms with Gasteiger partial charge in [0.1, 0.15) is 6.26 Å². The lowest BCUT2D eigenvalue weighted by molar-refractivity contribution is 0.237. The van der Waals surface area contributed by atoms with Gasteiger partial charge in [-0.3, -0.25) is 0 Å². The number of urea groups is 1. The Kier molecular flexibility index (Phi) is 6.62. The molecule has 0 aliphatic carbocycles. The summed E-state index contributed by atoms with van der Waals surface area (Å²) in [4.78, 5) is 16.0. The molecule has 2 amide bonds. The van der Waals surface area contributed by atoms with Crippen LogP contribution in [0.5, 0.6) is 0 Å². The molecule has 0 aliphatic rings. The van der Waals surface area contributed by atoms with Gasteiger partial charge in [0.05, 0.1) is 6.20 Å². The van der Waals surface area contributed by atoms with Gasteiger partial charge in [-0.2, -0.15) is 0 Å². The number of hydrogen-bond acceptors (Lipinski definition) is 4. The first-order valence-corrected chi connectivity index (χ1v) is 7.88. The molecule has 1 aromatic carbocycles. The van der Waals surface area contributed by atoms with Gasteiger partial charge >= 0.3 is 6.03 Å². The fraction of sp³-hybridized carbons (Fsp3) is 0.412. The predicted molar refractivity (Wildman–Crippen MR) is 89.1 cm³/mol. The molecule has 0 spiro atoms. The molecule has 124 valence electrons. The number of aliphatic hydroxyl groups is 1. The van der Waals surface area contributed by atoms with E-state index in [0.29, 0.717) is 30.5 Å². The summed E-state index contributed by atoms with van der Waals surface area (Å²) in [5, 5.41) is 14.7. The van der Waals surface area contributed by atoms with E-state index in [0.717, 1.165) is 18.4 Å². The van der Waals surface area contributed by atoms with Crippen LogP contribution in [0.4, 0.5) is 10.5 Å². The SMILES string of the molecule is CCCC(CCO)CNC(=O)Nc1ccc(-c2ncco2)cc1. The van der Waals surface area contributed by atoms with Crippen LogP contribution in [0.3, 0.4) is 0 Å². The molecular formula is C17H23N3O3. The summed E-state index contributed by atoms with van der Waals surface area (Å²) < 4.78 is 5.22. The lowest BCUT2D eigenvalue weighted by atomic mass is 10.0. The van der Waals surface area contributed by atoms with Crippen molar-refractivity contribution < 1.29 is 14.3 Å². The topological polar surface area (TPSA) is 87.4 Å². The van der Waals surface area contributed by atoms with Gasteiger partial charge in [-0.15, -0.1) is 0 Å². The summed E-state index contributed by atoms with van der Waals surface area (Å²) in [6, 6.07) is 7.04. The first-order valence-electron chi connectivity index (χ1n) is 7.88. The minimum Gasteiger partial charge on any atom is -0.445 e. The van der Waals surface area contributed by atoms with Crippen LogP contribution in [-0.2, 0) is 0 Å². The lowest BCUT2D eigenvalue weighted by Gasteiger charge is -2.16. The van der Waals surface area contributed by atoms with E-state index in [1.54, 1.807) is 18.3 Å². The Morgan fingerprint density at radius 2 is 2.09 bits per heavy atom. The maximum Gasteiger partial charge on any atom is 0.319 e. The largest absolute Gasteiger partial charge is 0.445 e. The molecule has 3 N–H and O–H groups in total. The van der Waals surface area contributed by atoms with Gasteiger partial charge in [0.25, 0.3) is 0 Å². The summed E-state index contributed by atoms with van der Waals surface area (Å²) in [6.45, 7) is 2.81. The zero-order valence-electron chi connectivity index (χ0n) is 13.3. The van der Waals surface area contributed by atoms with Gasteiger partial charge < -0.3 is 20.2 Å². The third-order valence-electron chi connectivity index (χ3n) is 3.61. The molecule has 1 aromatic heterocycles. The monoisotopic (exact) mass is 317 g/mol. The number of benzene rings is 1. The van der Waals surface area contributed by atoms with Crippen molar-refractivity contribution in [1.29, 1.82) is 0 Å². The van der Waals surface area contributed by atoms with E-state index in [2.05, 4.69) is 22.5 Å². The van der Waals surface area contributed by atoms with Crippen LogP contribution in [-0.4, -0.2) is 29.3 Å². The molecule has 0 bridgehead atoms. The molecular weight excluding hydrogens is 294 g/mol. The number of nitrogens with one attached hydrogen (secondary N) is 2. The number of anilines is 1. The summed E-state index contributed by atoms with van der Waals surface area (Å²) in [5.74, 6) is 0.857. The molecule has 23 heavy (non-hydrogen) atoms. The van der Waals surface area contributed by atoms with Crippen molar-refractivity contribution in [1.82, 2.24) is 10.3 Å². The highest BCUT2D eigenvalue weighted by Crippen LogP contribution is 2.19. The highest BCUT2D eigenvalue weighted by atomic mass is 16.3. The van der Waals surface area contributed by atoms with Crippen molar-refractivity contribution in [2.75, 3.05) is 18.5 Å². The average Bonchev–Trinajstić information content (AvgIpc) is 3.08. The minimum absolute atomic E-state index is 0.149. The van der Waals surface area contributed by atoms with Crippen LogP contribution in [0.15, 0.2) is 41.1 Å². The van der Waals surface area contributed by atoms with Crippen molar-refractivity contribution in [3.8, 4) is 11.5 Å². The standard InChI is InChI=1S/C17H23N3O3/c1-2-3-13(8-10-21)12-19-17(22)20-15-6-4-14(5-7-15)16-18-9-11-23-16/h4-7,9,11,13,21H,2-3,8,10,12H2,1H3,(H2,19,20,22). The Bertz CT molecular complexity index is 576. The molecule has 0 radical (unpaired) electrons. The maximum absolute atomic E-state index is 11.9. The van der Waals surface area contributed by atoms with E-state index in [-0.39, 0.29) is 12.6 Å². The fourth-order valence-electron chi connectivity index (χ4n) is 2.41.